The molecule has 1 aromatic heterocycles. The van der Waals surface area contributed by atoms with Crippen molar-refractivity contribution in [2.45, 2.75) is 25.2 Å². The van der Waals surface area contributed by atoms with Crippen LogP contribution in [0.25, 0.3) is 0 Å². The van der Waals surface area contributed by atoms with Gasteiger partial charge in [0, 0.05) is 51.4 Å². The van der Waals surface area contributed by atoms with Gasteiger partial charge in [-0.2, -0.15) is 0 Å². The van der Waals surface area contributed by atoms with Crippen LogP contribution in [0, 0.1) is 11.3 Å². The number of carbonyl (C=O) groups is 2. The van der Waals surface area contributed by atoms with E-state index in [1.54, 1.807) is 0 Å². The summed E-state index contributed by atoms with van der Waals surface area (Å²) in [5.74, 6) is 1.29. The summed E-state index contributed by atoms with van der Waals surface area (Å²) < 4.78 is 0. The number of hydrogen-bond donors (Lipinski definition) is 0. The van der Waals surface area contributed by atoms with Gasteiger partial charge in [0.1, 0.15) is 5.82 Å². The first-order chi connectivity index (χ1) is 18.1. The van der Waals surface area contributed by atoms with Crippen LogP contribution in [0.3, 0.4) is 0 Å². The molecule has 2 saturated heterocycles. The molecule has 0 radical (unpaired) electrons. The number of rotatable bonds is 5. The van der Waals surface area contributed by atoms with Crippen LogP contribution < -0.4 is 4.90 Å². The predicted octanol–water partition coefficient (Wildman–Crippen LogP) is 4.19. The lowest BCUT2D eigenvalue weighted by atomic mass is 9.86. The van der Waals surface area contributed by atoms with Gasteiger partial charge in [0.2, 0.25) is 11.8 Å². The zero-order valence-electron chi connectivity index (χ0n) is 21.2. The Kier molecular flexibility index (Phi) is 6.41. The van der Waals surface area contributed by atoms with E-state index in [-0.39, 0.29) is 23.2 Å². The summed E-state index contributed by atoms with van der Waals surface area (Å²) in [4.78, 5) is 38.0. The molecule has 2 amide bonds. The quantitative estimate of drug-likeness (QED) is 0.534. The summed E-state index contributed by atoms with van der Waals surface area (Å²) in [6.07, 6.45) is 4.62. The molecule has 0 N–H and O–H groups in total. The molecule has 1 unspecified atom stereocenters. The monoisotopic (exact) mass is 494 g/mol. The number of carbonyl (C=O) groups excluding carboxylic acids is 2. The molecule has 3 fully saturated rings. The SMILES string of the molecule is O=C(C(c1ccccc1)c1ccccc1)N1CCC2(CC1)CC2C(=O)N1CCN(c2ccccn2)CC1. The average Bonchev–Trinajstić information content (AvgIpc) is 3.67. The Bertz CT molecular complexity index is 1180. The van der Waals surface area contributed by atoms with Gasteiger partial charge in [-0.1, -0.05) is 66.7 Å². The number of anilines is 1. The fourth-order valence-corrected chi connectivity index (χ4v) is 6.29. The number of piperazine rings is 1. The van der Waals surface area contributed by atoms with Crippen LogP contribution in [0.4, 0.5) is 5.82 Å². The summed E-state index contributed by atoms with van der Waals surface area (Å²) >= 11 is 0. The zero-order chi connectivity index (χ0) is 25.2. The molecule has 6 rings (SSSR count). The van der Waals surface area contributed by atoms with E-state index < -0.39 is 0 Å². The summed E-state index contributed by atoms with van der Waals surface area (Å²) in [7, 11) is 0. The number of benzene rings is 2. The number of aromatic nitrogens is 1. The van der Waals surface area contributed by atoms with Crippen molar-refractivity contribution in [3.63, 3.8) is 0 Å². The maximum Gasteiger partial charge on any atom is 0.234 e. The average molecular weight is 495 g/mol. The highest BCUT2D eigenvalue weighted by Crippen LogP contribution is 2.60. The second-order valence-corrected chi connectivity index (χ2v) is 10.7. The van der Waals surface area contributed by atoms with Crippen molar-refractivity contribution in [3.05, 3.63) is 96.2 Å². The normalized spacial score (nSPS) is 20.8. The van der Waals surface area contributed by atoms with Gasteiger partial charge in [-0.3, -0.25) is 9.59 Å². The van der Waals surface area contributed by atoms with Gasteiger partial charge in [0.25, 0.3) is 0 Å². The van der Waals surface area contributed by atoms with Crippen molar-refractivity contribution in [2.24, 2.45) is 11.3 Å². The number of amides is 2. The smallest absolute Gasteiger partial charge is 0.234 e. The van der Waals surface area contributed by atoms with E-state index in [1.165, 1.54) is 0 Å². The molecule has 1 spiro atoms. The molecular formula is C31H34N4O2. The largest absolute Gasteiger partial charge is 0.353 e. The number of pyridine rings is 1. The molecule has 1 saturated carbocycles. The van der Waals surface area contributed by atoms with E-state index >= 15 is 0 Å². The molecule has 3 aromatic rings. The minimum atomic E-state index is -0.288. The topological polar surface area (TPSA) is 56.8 Å². The Morgan fingerprint density at radius 2 is 1.32 bits per heavy atom. The minimum Gasteiger partial charge on any atom is -0.353 e. The van der Waals surface area contributed by atoms with Crippen LogP contribution in [0.5, 0.6) is 0 Å². The van der Waals surface area contributed by atoms with Crippen LogP contribution in [-0.4, -0.2) is 65.9 Å². The first-order valence-corrected chi connectivity index (χ1v) is 13.5. The zero-order valence-corrected chi connectivity index (χ0v) is 21.2. The van der Waals surface area contributed by atoms with E-state index in [2.05, 4.69) is 14.8 Å². The Balaban J connectivity index is 1.06. The van der Waals surface area contributed by atoms with Crippen LogP contribution in [0.15, 0.2) is 85.1 Å². The molecule has 6 heteroatoms. The summed E-state index contributed by atoms with van der Waals surface area (Å²) in [5.41, 5.74) is 2.15. The first kappa shape index (κ1) is 23.7. The lowest BCUT2D eigenvalue weighted by molar-refractivity contribution is -0.135. The predicted molar refractivity (Wildman–Crippen MR) is 144 cm³/mol. The third-order valence-electron chi connectivity index (χ3n) is 8.64. The van der Waals surface area contributed by atoms with Crippen molar-refractivity contribution in [3.8, 4) is 0 Å². The molecule has 6 nitrogen and oxygen atoms in total. The van der Waals surface area contributed by atoms with Crippen molar-refractivity contribution < 1.29 is 9.59 Å². The first-order valence-electron chi connectivity index (χ1n) is 13.5. The second-order valence-electron chi connectivity index (χ2n) is 10.7. The van der Waals surface area contributed by atoms with Crippen molar-refractivity contribution >= 4 is 17.6 Å². The number of likely N-dealkylation sites (tertiary alicyclic amines) is 1. The Morgan fingerprint density at radius 3 is 1.89 bits per heavy atom. The standard InChI is InChI=1S/C31H34N4O2/c36-29(35-21-19-33(20-22-35)27-13-7-8-16-32-27)26-23-31(26)14-17-34(18-15-31)30(37)28(24-9-3-1-4-10-24)25-11-5-2-6-12-25/h1-13,16,26,28H,14-15,17-23H2. The van der Waals surface area contributed by atoms with Gasteiger partial charge in [0.05, 0.1) is 5.92 Å². The Hall–Kier alpha value is -3.67. The fourth-order valence-electron chi connectivity index (χ4n) is 6.29. The molecule has 190 valence electrons. The lowest BCUT2D eigenvalue weighted by Gasteiger charge is -2.37. The maximum atomic E-state index is 13.8. The number of piperidine rings is 1. The van der Waals surface area contributed by atoms with Gasteiger partial charge in [-0.25, -0.2) is 4.98 Å². The van der Waals surface area contributed by atoms with Gasteiger partial charge in [0.15, 0.2) is 0 Å². The van der Waals surface area contributed by atoms with Crippen LogP contribution in [-0.2, 0) is 9.59 Å². The number of nitrogens with zero attached hydrogens (tertiary/aromatic N) is 4. The minimum absolute atomic E-state index is 0.0843. The Labute approximate surface area is 218 Å². The molecule has 0 bridgehead atoms. The molecule has 2 aromatic carbocycles. The van der Waals surface area contributed by atoms with E-state index in [1.807, 2.05) is 90.0 Å². The van der Waals surface area contributed by atoms with Crippen LogP contribution in [0.1, 0.15) is 36.3 Å². The summed E-state index contributed by atoms with van der Waals surface area (Å²) in [5, 5.41) is 0. The molecule has 1 aliphatic carbocycles. The summed E-state index contributed by atoms with van der Waals surface area (Å²) in [6.45, 7) is 4.61. The van der Waals surface area contributed by atoms with Crippen LogP contribution in [0.2, 0.25) is 0 Å². The van der Waals surface area contributed by atoms with Crippen molar-refractivity contribution in [1.82, 2.24) is 14.8 Å². The van der Waals surface area contributed by atoms with Gasteiger partial charge < -0.3 is 14.7 Å². The second kappa shape index (κ2) is 10.0. The molecular weight excluding hydrogens is 460 g/mol. The van der Waals surface area contributed by atoms with Gasteiger partial charge in [-0.15, -0.1) is 0 Å². The molecule has 37 heavy (non-hydrogen) atoms. The maximum absolute atomic E-state index is 13.8. The molecule has 2 aliphatic heterocycles. The highest BCUT2D eigenvalue weighted by molar-refractivity contribution is 5.87. The summed E-state index contributed by atoms with van der Waals surface area (Å²) in [6, 6.07) is 26.1. The van der Waals surface area contributed by atoms with Gasteiger partial charge in [-0.05, 0) is 47.9 Å². The highest BCUT2D eigenvalue weighted by Gasteiger charge is 2.59. The van der Waals surface area contributed by atoms with E-state index in [4.69, 9.17) is 0 Å². The van der Waals surface area contributed by atoms with E-state index in [0.29, 0.717) is 5.91 Å². The van der Waals surface area contributed by atoms with Crippen molar-refractivity contribution in [2.75, 3.05) is 44.2 Å². The molecule has 1 atom stereocenters. The molecule has 3 aliphatic rings. The van der Waals surface area contributed by atoms with Gasteiger partial charge >= 0.3 is 0 Å². The molecule has 3 heterocycles. The fraction of sp³-hybridized carbons (Fsp3) is 0.387. The number of hydrogen-bond acceptors (Lipinski definition) is 4. The van der Waals surface area contributed by atoms with Crippen molar-refractivity contribution in [1.29, 1.82) is 0 Å². The Morgan fingerprint density at radius 1 is 0.730 bits per heavy atom. The lowest BCUT2D eigenvalue weighted by Crippen LogP contribution is -2.50. The van der Waals surface area contributed by atoms with E-state index in [9.17, 15) is 9.59 Å². The van der Waals surface area contributed by atoms with E-state index in [0.717, 1.165) is 75.5 Å². The third kappa shape index (κ3) is 4.73. The highest BCUT2D eigenvalue weighted by atomic mass is 16.2. The third-order valence-corrected chi connectivity index (χ3v) is 8.64. The van der Waals surface area contributed by atoms with Crippen LogP contribution >= 0.6 is 0 Å².